The largest absolute Gasteiger partial charge is 0.507 e. The van der Waals surface area contributed by atoms with Crippen LogP contribution in [0, 0.1) is 17.8 Å². The van der Waals surface area contributed by atoms with E-state index < -0.39 is 23.8 Å². The number of likely N-dealkylation sites (tertiary alicyclic amines) is 1. The van der Waals surface area contributed by atoms with E-state index in [9.17, 15) is 29.1 Å². The Bertz CT molecular complexity index is 2140. The van der Waals surface area contributed by atoms with Gasteiger partial charge in [0.2, 0.25) is 17.7 Å². The Hall–Kier alpha value is -5.57. The summed E-state index contributed by atoms with van der Waals surface area (Å²) in [6.45, 7) is 6.54. The van der Waals surface area contributed by atoms with Gasteiger partial charge in [-0.05, 0) is 80.3 Å². The molecule has 56 heavy (non-hydrogen) atoms. The van der Waals surface area contributed by atoms with Gasteiger partial charge in [-0.15, -0.1) is 10.2 Å². The van der Waals surface area contributed by atoms with E-state index >= 15 is 0 Å². The van der Waals surface area contributed by atoms with Gasteiger partial charge in [0.15, 0.2) is 5.82 Å². The van der Waals surface area contributed by atoms with Crippen LogP contribution in [0.2, 0.25) is 0 Å². The van der Waals surface area contributed by atoms with Gasteiger partial charge < -0.3 is 25.1 Å². The number of phenolic OH excluding ortho intramolecular Hbond substituents is 1. The molecule has 15 nitrogen and oxygen atoms in total. The molecule has 1 aromatic heterocycles. The van der Waals surface area contributed by atoms with Crippen LogP contribution >= 0.6 is 0 Å². The first kappa shape index (κ1) is 34.9. The van der Waals surface area contributed by atoms with Gasteiger partial charge in [0.05, 0.1) is 28.6 Å². The van der Waals surface area contributed by atoms with Crippen LogP contribution in [0.5, 0.6) is 5.75 Å². The van der Waals surface area contributed by atoms with Crippen LogP contribution in [0.25, 0.3) is 11.3 Å². The molecule has 290 valence electrons. The molecule has 0 spiro atoms. The summed E-state index contributed by atoms with van der Waals surface area (Å²) >= 11 is 0. The number of anilines is 3. The molecule has 10 rings (SSSR count). The summed E-state index contributed by atoms with van der Waals surface area (Å²) in [7, 11) is 0. The minimum Gasteiger partial charge on any atom is -0.507 e. The zero-order valence-electron chi connectivity index (χ0n) is 31.1. The summed E-state index contributed by atoms with van der Waals surface area (Å²) in [5.74, 6) is 0.291. The number of carbonyl (C=O) groups excluding carboxylic acids is 5. The van der Waals surface area contributed by atoms with Crippen LogP contribution in [0.15, 0.2) is 48.5 Å². The number of nitrogens with zero attached hydrogens (tertiary/aromatic N) is 7. The highest BCUT2D eigenvalue weighted by molar-refractivity contribution is 6.23. The van der Waals surface area contributed by atoms with Gasteiger partial charge in [0.25, 0.3) is 11.8 Å². The minimum atomic E-state index is -0.971. The molecule has 4 atom stereocenters. The molecule has 6 aliphatic heterocycles. The highest BCUT2D eigenvalue weighted by atomic mass is 16.3. The summed E-state index contributed by atoms with van der Waals surface area (Å²) in [5, 5.41) is 24.8. The first-order valence-corrected chi connectivity index (χ1v) is 20.0. The summed E-state index contributed by atoms with van der Waals surface area (Å²) in [4.78, 5) is 75.0. The van der Waals surface area contributed by atoms with E-state index in [-0.39, 0.29) is 42.4 Å². The topological polar surface area (TPSA) is 172 Å². The van der Waals surface area contributed by atoms with Gasteiger partial charge in [-0.1, -0.05) is 12.1 Å². The summed E-state index contributed by atoms with van der Waals surface area (Å²) in [6, 6.07) is 14.2. The number of piperidine rings is 1. The molecule has 3 aromatic rings. The fourth-order valence-electron chi connectivity index (χ4n) is 10.5. The zero-order chi connectivity index (χ0) is 38.2. The molecule has 2 unspecified atom stereocenters. The van der Waals surface area contributed by atoms with E-state index in [1.807, 2.05) is 24.3 Å². The lowest BCUT2D eigenvalue weighted by molar-refractivity contribution is -0.138. The number of hydrogen-bond donors (Lipinski definition) is 3. The van der Waals surface area contributed by atoms with E-state index in [1.165, 1.54) is 0 Å². The average molecular weight is 760 g/mol. The number of nitrogens with one attached hydrogen (secondary N) is 2. The van der Waals surface area contributed by atoms with Crippen LogP contribution < -0.4 is 20.4 Å². The maximum atomic E-state index is 13.9. The van der Waals surface area contributed by atoms with Crippen LogP contribution in [0.4, 0.5) is 17.2 Å². The normalized spacial score (nSPS) is 28.8. The number of hydrogen-bond acceptors (Lipinski definition) is 12. The lowest BCUT2D eigenvalue weighted by Crippen LogP contribution is -2.60. The number of benzene rings is 2. The number of amides is 5. The second-order valence-corrected chi connectivity index (χ2v) is 16.6. The Balaban J connectivity index is 0.717. The molecule has 7 aliphatic rings. The molecule has 5 fully saturated rings. The molecular weight excluding hydrogens is 715 g/mol. The molecule has 4 saturated heterocycles. The lowest BCUT2D eigenvalue weighted by Gasteiger charge is -2.46. The number of rotatable bonds is 5. The van der Waals surface area contributed by atoms with Gasteiger partial charge >= 0.3 is 0 Å². The Morgan fingerprint density at radius 2 is 1.54 bits per heavy atom. The van der Waals surface area contributed by atoms with Crippen molar-refractivity contribution in [3.05, 3.63) is 59.7 Å². The summed E-state index contributed by atoms with van der Waals surface area (Å²) in [5.41, 5.74) is 3.75. The van der Waals surface area contributed by atoms with Crippen LogP contribution in [0.1, 0.15) is 59.2 Å². The molecule has 1 saturated carbocycles. The highest BCUT2D eigenvalue weighted by Crippen LogP contribution is 2.41. The van der Waals surface area contributed by atoms with Crippen molar-refractivity contribution in [2.24, 2.45) is 17.8 Å². The highest BCUT2D eigenvalue weighted by Gasteiger charge is 2.47. The predicted octanol–water partition coefficient (Wildman–Crippen LogP) is 2.32. The number of fused-ring (bicyclic) bond motifs is 5. The molecular formula is C41H45N9O6. The molecule has 0 bridgehead atoms. The third-order valence-corrected chi connectivity index (χ3v) is 13.4. The van der Waals surface area contributed by atoms with Crippen molar-refractivity contribution in [3.63, 3.8) is 0 Å². The van der Waals surface area contributed by atoms with E-state index in [0.717, 1.165) is 80.5 Å². The Morgan fingerprint density at radius 1 is 0.768 bits per heavy atom. The van der Waals surface area contributed by atoms with Gasteiger partial charge in [0.1, 0.15) is 11.8 Å². The fourth-order valence-corrected chi connectivity index (χ4v) is 10.5. The van der Waals surface area contributed by atoms with Crippen LogP contribution in [0.3, 0.4) is 0 Å². The monoisotopic (exact) mass is 759 g/mol. The van der Waals surface area contributed by atoms with Gasteiger partial charge in [-0.2, -0.15) is 0 Å². The third kappa shape index (κ3) is 5.85. The summed E-state index contributed by atoms with van der Waals surface area (Å²) < 4.78 is 0. The number of piperazine rings is 1. The van der Waals surface area contributed by atoms with Crippen molar-refractivity contribution in [2.45, 2.75) is 56.7 Å². The maximum absolute atomic E-state index is 13.9. The molecule has 0 radical (unpaired) electrons. The van der Waals surface area contributed by atoms with Crippen molar-refractivity contribution in [3.8, 4) is 17.0 Å². The average Bonchev–Trinajstić information content (AvgIpc) is 3.88. The molecule has 2 aromatic carbocycles. The maximum Gasteiger partial charge on any atom is 0.262 e. The van der Waals surface area contributed by atoms with Gasteiger partial charge in [0, 0.05) is 82.0 Å². The zero-order valence-corrected chi connectivity index (χ0v) is 31.1. The fraction of sp³-hybridized carbons (Fsp3) is 0.488. The van der Waals surface area contributed by atoms with Crippen LogP contribution in [-0.2, 0) is 14.4 Å². The van der Waals surface area contributed by atoms with Crippen molar-refractivity contribution < 1.29 is 29.1 Å². The Morgan fingerprint density at radius 3 is 2.30 bits per heavy atom. The van der Waals surface area contributed by atoms with Crippen molar-refractivity contribution in [1.29, 1.82) is 0 Å². The Labute approximate surface area is 324 Å². The number of para-hydroxylation sites is 1. The number of imide groups is 2. The van der Waals surface area contributed by atoms with E-state index in [0.29, 0.717) is 59.9 Å². The van der Waals surface area contributed by atoms with Crippen molar-refractivity contribution in [1.82, 2.24) is 30.2 Å². The predicted molar refractivity (Wildman–Crippen MR) is 205 cm³/mol. The first-order valence-electron chi connectivity index (χ1n) is 20.0. The number of carbonyl (C=O) groups is 5. The molecule has 5 amide bonds. The second-order valence-electron chi connectivity index (χ2n) is 16.6. The van der Waals surface area contributed by atoms with Gasteiger partial charge in [-0.25, -0.2) is 0 Å². The Kier molecular flexibility index (Phi) is 8.45. The minimum absolute atomic E-state index is 0.0538. The number of phenols is 1. The second kappa shape index (κ2) is 13.6. The lowest BCUT2D eigenvalue weighted by atomic mass is 9.84. The quantitative estimate of drug-likeness (QED) is 0.325. The van der Waals surface area contributed by atoms with Crippen LogP contribution in [-0.4, -0.2) is 130 Å². The molecule has 3 N–H and O–H groups in total. The van der Waals surface area contributed by atoms with Gasteiger partial charge in [-0.3, -0.25) is 39.1 Å². The molecule has 1 aliphatic carbocycles. The first-order chi connectivity index (χ1) is 27.2. The van der Waals surface area contributed by atoms with E-state index in [4.69, 9.17) is 0 Å². The molecule has 7 heterocycles. The number of aromatic hydroxyl groups is 1. The van der Waals surface area contributed by atoms with Crippen molar-refractivity contribution in [2.75, 3.05) is 67.5 Å². The number of aromatic nitrogens is 2. The van der Waals surface area contributed by atoms with E-state index in [2.05, 4.69) is 40.4 Å². The van der Waals surface area contributed by atoms with Crippen molar-refractivity contribution >= 4 is 46.7 Å². The third-order valence-electron chi connectivity index (χ3n) is 13.4. The smallest absolute Gasteiger partial charge is 0.262 e. The standard InChI is InChI=1S/C41H45N9O6/c51-35-4-2-1-3-30(35)32-16-34-37(45-44-32)42-17-28-22-46(13-14-49(28)34)39(54)23-5-7-26(8-6-23)47-18-24-20-48(21-25(24)19-47)27-9-10-29-31(15-27)41(56)50(40(29)55)33-11-12-36(52)43-38(33)53/h1-4,9-10,15-16,23-26,28,33,51H,5-8,11-14,17-22H2,(H,42,45)(H,43,52,53)/t23?,24-,25?,26?,28-,33?/m0/s1. The summed E-state index contributed by atoms with van der Waals surface area (Å²) in [6.07, 6.45) is 4.10. The molecule has 15 heteroatoms. The SMILES string of the molecule is O=C1CCC(N2C(=O)c3ccc(N4CC5CN(C6CCC(C(=O)N7CCN8c9cc(-c%10ccccc%10O)nnc9NC[C@H]8C7)CC6)C[C@H]5C4)cc3C2=O)C(=O)N1. The van der Waals surface area contributed by atoms with E-state index in [1.54, 1.807) is 24.3 Å².